The third kappa shape index (κ3) is 4.21. The van der Waals surface area contributed by atoms with Crippen LogP contribution in [0.2, 0.25) is 0 Å². The average Bonchev–Trinajstić information content (AvgIpc) is 2.58. The predicted molar refractivity (Wildman–Crippen MR) is 95.8 cm³/mol. The van der Waals surface area contributed by atoms with Crippen LogP contribution in [0.5, 0.6) is 0 Å². The van der Waals surface area contributed by atoms with Crippen LogP contribution in [0.3, 0.4) is 0 Å². The molecule has 0 bridgehead atoms. The van der Waals surface area contributed by atoms with Gasteiger partial charge in [-0.25, -0.2) is 4.98 Å². The van der Waals surface area contributed by atoms with Crippen LogP contribution in [0.4, 0.5) is 5.82 Å². The average molecular weight is 313 g/mol. The number of benzene rings is 1. The molecule has 1 aliphatic rings. The van der Waals surface area contributed by atoms with E-state index in [1.54, 1.807) is 0 Å². The third-order valence-corrected chi connectivity index (χ3v) is 4.49. The van der Waals surface area contributed by atoms with Gasteiger partial charge in [-0.2, -0.15) is 0 Å². The Kier molecular flexibility index (Phi) is 5.47. The Bertz CT molecular complexity index is 636. The third-order valence-electron chi connectivity index (χ3n) is 4.49. The molecule has 1 aromatic carbocycles. The van der Waals surface area contributed by atoms with Gasteiger partial charge in [-0.1, -0.05) is 18.2 Å². The van der Waals surface area contributed by atoms with Gasteiger partial charge in [-0.05, 0) is 51.3 Å². The molecule has 4 nitrogen and oxygen atoms in total. The molecule has 2 N–H and O–H groups in total. The van der Waals surface area contributed by atoms with E-state index in [1.807, 2.05) is 6.92 Å². The Morgan fingerprint density at radius 2 is 2.00 bits per heavy atom. The van der Waals surface area contributed by atoms with Crippen LogP contribution in [-0.2, 0) is 6.54 Å². The topological polar surface area (TPSA) is 48.4 Å². The van der Waals surface area contributed by atoms with Crippen molar-refractivity contribution in [1.29, 1.82) is 0 Å². The molecule has 1 saturated heterocycles. The minimum Gasteiger partial charge on any atom is -0.393 e. The second kappa shape index (κ2) is 7.75. The standard InChI is InChI=1S/C19H27N3O/c1-15(23)9-10-20-14-17-13-16-7-3-4-8-18(16)21-19(17)22-11-5-2-6-12-22/h3-4,7-8,13,15,20,23H,2,5-6,9-12,14H2,1H3. The summed E-state index contributed by atoms with van der Waals surface area (Å²) in [5.74, 6) is 1.13. The highest BCUT2D eigenvalue weighted by Gasteiger charge is 2.16. The molecular formula is C19H27N3O. The van der Waals surface area contributed by atoms with E-state index in [0.717, 1.165) is 43.9 Å². The largest absolute Gasteiger partial charge is 0.393 e. The number of aliphatic hydroxyl groups excluding tert-OH is 1. The second-order valence-electron chi connectivity index (χ2n) is 6.53. The van der Waals surface area contributed by atoms with Gasteiger partial charge in [-0.15, -0.1) is 0 Å². The van der Waals surface area contributed by atoms with E-state index in [4.69, 9.17) is 4.98 Å². The quantitative estimate of drug-likeness (QED) is 0.805. The molecule has 4 heteroatoms. The molecule has 124 valence electrons. The predicted octanol–water partition coefficient (Wildman–Crippen LogP) is 3.09. The molecular weight excluding hydrogens is 286 g/mol. The maximum atomic E-state index is 9.39. The fraction of sp³-hybridized carbons (Fsp3) is 0.526. The lowest BCUT2D eigenvalue weighted by Crippen LogP contribution is -2.32. The Labute approximate surface area is 138 Å². The molecule has 1 fully saturated rings. The van der Waals surface area contributed by atoms with Crippen LogP contribution in [0.15, 0.2) is 30.3 Å². The van der Waals surface area contributed by atoms with Crippen molar-refractivity contribution < 1.29 is 5.11 Å². The highest BCUT2D eigenvalue weighted by atomic mass is 16.3. The van der Waals surface area contributed by atoms with Gasteiger partial charge in [-0.3, -0.25) is 0 Å². The first-order valence-electron chi connectivity index (χ1n) is 8.76. The molecule has 0 radical (unpaired) electrons. The molecule has 0 spiro atoms. The van der Waals surface area contributed by atoms with Crippen molar-refractivity contribution in [2.45, 2.75) is 45.3 Å². The van der Waals surface area contributed by atoms with Crippen molar-refractivity contribution in [3.8, 4) is 0 Å². The lowest BCUT2D eigenvalue weighted by atomic mass is 10.1. The molecule has 2 heterocycles. The van der Waals surface area contributed by atoms with Crippen molar-refractivity contribution in [2.75, 3.05) is 24.5 Å². The molecule has 3 rings (SSSR count). The first-order valence-corrected chi connectivity index (χ1v) is 8.76. The summed E-state index contributed by atoms with van der Waals surface area (Å²) >= 11 is 0. The Hall–Kier alpha value is -1.65. The van der Waals surface area contributed by atoms with E-state index in [9.17, 15) is 5.11 Å². The van der Waals surface area contributed by atoms with Gasteiger partial charge >= 0.3 is 0 Å². The fourth-order valence-corrected chi connectivity index (χ4v) is 3.19. The number of hydrogen-bond acceptors (Lipinski definition) is 4. The highest BCUT2D eigenvalue weighted by Crippen LogP contribution is 2.26. The molecule has 1 unspecified atom stereocenters. The van der Waals surface area contributed by atoms with Gasteiger partial charge < -0.3 is 15.3 Å². The first-order chi connectivity index (χ1) is 11.2. The summed E-state index contributed by atoms with van der Waals surface area (Å²) in [6.45, 7) is 5.66. The van der Waals surface area contributed by atoms with Crippen LogP contribution < -0.4 is 10.2 Å². The van der Waals surface area contributed by atoms with E-state index in [0.29, 0.717) is 0 Å². The van der Waals surface area contributed by atoms with E-state index in [2.05, 4.69) is 40.5 Å². The van der Waals surface area contributed by atoms with Crippen molar-refractivity contribution in [3.63, 3.8) is 0 Å². The lowest BCUT2D eigenvalue weighted by molar-refractivity contribution is 0.183. The van der Waals surface area contributed by atoms with Crippen molar-refractivity contribution in [2.24, 2.45) is 0 Å². The van der Waals surface area contributed by atoms with Crippen molar-refractivity contribution in [3.05, 3.63) is 35.9 Å². The van der Waals surface area contributed by atoms with Crippen molar-refractivity contribution >= 4 is 16.7 Å². The van der Waals surface area contributed by atoms with Crippen molar-refractivity contribution in [1.82, 2.24) is 10.3 Å². The summed E-state index contributed by atoms with van der Waals surface area (Å²) < 4.78 is 0. The molecule has 0 amide bonds. The minimum absolute atomic E-state index is 0.251. The number of aromatic nitrogens is 1. The Morgan fingerprint density at radius 3 is 2.78 bits per heavy atom. The second-order valence-corrected chi connectivity index (χ2v) is 6.53. The van der Waals surface area contributed by atoms with E-state index in [-0.39, 0.29) is 6.10 Å². The van der Waals surface area contributed by atoms with Gasteiger partial charge in [0.25, 0.3) is 0 Å². The number of aliphatic hydroxyl groups is 1. The van der Waals surface area contributed by atoms with Gasteiger partial charge in [0.2, 0.25) is 0 Å². The molecule has 1 aromatic heterocycles. The molecule has 0 saturated carbocycles. The van der Waals surface area contributed by atoms with Crippen LogP contribution in [0, 0.1) is 0 Å². The number of hydrogen-bond donors (Lipinski definition) is 2. The maximum Gasteiger partial charge on any atom is 0.133 e. The van der Waals surface area contributed by atoms with Gasteiger partial charge in [0.15, 0.2) is 0 Å². The molecule has 1 atom stereocenters. The van der Waals surface area contributed by atoms with Gasteiger partial charge in [0.05, 0.1) is 11.6 Å². The summed E-state index contributed by atoms with van der Waals surface area (Å²) in [5.41, 5.74) is 2.33. The molecule has 1 aliphatic heterocycles. The van der Waals surface area contributed by atoms with E-state index >= 15 is 0 Å². The van der Waals surface area contributed by atoms with Gasteiger partial charge in [0, 0.05) is 30.6 Å². The monoisotopic (exact) mass is 313 g/mol. The zero-order valence-corrected chi connectivity index (χ0v) is 14.0. The number of nitrogens with one attached hydrogen (secondary N) is 1. The normalized spacial score (nSPS) is 16.7. The smallest absolute Gasteiger partial charge is 0.133 e. The van der Waals surface area contributed by atoms with E-state index < -0.39 is 0 Å². The zero-order chi connectivity index (χ0) is 16.1. The number of rotatable bonds is 6. The van der Waals surface area contributed by atoms with Crippen LogP contribution >= 0.6 is 0 Å². The van der Waals surface area contributed by atoms with Crippen LogP contribution in [0.1, 0.15) is 38.2 Å². The summed E-state index contributed by atoms with van der Waals surface area (Å²) in [5, 5.41) is 14.0. The zero-order valence-electron chi connectivity index (χ0n) is 14.0. The number of anilines is 1. The fourth-order valence-electron chi connectivity index (χ4n) is 3.19. The van der Waals surface area contributed by atoms with E-state index in [1.165, 1.54) is 30.2 Å². The van der Waals surface area contributed by atoms with Crippen LogP contribution in [0.25, 0.3) is 10.9 Å². The molecule has 0 aliphatic carbocycles. The first kappa shape index (κ1) is 16.2. The number of piperidine rings is 1. The Balaban J connectivity index is 1.83. The molecule has 23 heavy (non-hydrogen) atoms. The minimum atomic E-state index is -0.251. The SMILES string of the molecule is CC(O)CCNCc1cc2ccccc2nc1N1CCCCC1. The number of pyridine rings is 1. The summed E-state index contributed by atoms with van der Waals surface area (Å²) in [6, 6.07) is 10.6. The highest BCUT2D eigenvalue weighted by molar-refractivity contribution is 5.81. The number of para-hydroxylation sites is 1. The summed E-state index contributed by atoms with van der Waals surface area (Å²) in [4.78, 5) is 7.38. The number of fused-ring (bicyclic) bond motifs is 1. The summed E-state index contributed by atoms with van der Waals surface area (Å²) in [6.07, 6.45) is 4.36. The Morgan fingerprint density at radius 1 is 1.22 bits per heavy atom. The molecule has 2 aromatic rings. The summed E-state index contributed by atoms with van der Waals surface area (Å²) in [7, 11) is 0. The maximum absolute atomic E-state index is 9.39. The van der Waals surface area contributed by atoms with Crippen LogP contribution in [-0.4, -0.2) is 35.8 Å². The lowest BCUT2D eigenvalue weighted by Gasteiger charge is -2.30. The number of nitrogens with zero attached hydrogens (tertiary/aromatic N) is 2. The van der Waals surface area contributed by atoms with Gasteiger partial charge in [0.1, 0.15) is 5.82 Å².